The van der Waals surface area contributed by atoms with E-state index in [9.17, 15) is 4.79 Å². The Kier molecular flexibility index (Phi) is 3.47. The van der Waals surface area contributed by atoms with E-state index in [0.717, 1.165) is 0 Å². The average molecular weight is 243 g/mol. The Balaban J connectivity index is 2.05. The number of nitrogens with one attached hydrogen (secondary N) is 1. The zero-order valence-electron chi connectivity index (χ0n) is 8.93. The maximum Gasteiger partial charge on any atom is 0.260 e. The van der Waals surface area contributed by atoms with Crippen molar-refractivity contribution in [1.82, 2.24) is 10.2 Å². The molecular formula is C9H13N3O3S. The first-order valence-corrected chi connectivity index (χ1v) is 5.94. The number of ether oxygens (including phenoxy) is 2. The second-order valence-electron chi connectivity index (χ2n) is 3.43. The summed E-state index contributed by atoms with van der Waals surface area (Å²) in [4.78, 5) is 12.0. The summed E-state index contributed by atoms with van der Waals surface area (Å²) < 4.78 is 10.8. The summed E-state index contributed by atoms with van der Waals surface area (Å²) in [6.45, 7) is 3.18. The van der Waals surface area contributed by atoms with Gasteiger partial charge in [-0.25, -0.2) is 0 Å². The predicted octanol–water partition coefficient (Wildman–Crippen LogP) is 0.672. The highest BCUT2D eigenvalue weighted by Crippen LogP contribution is 2.25. The van der Waals surface area contributed by atoms with E-state index in [0.29, 0.717) is 31.4 Å². The summed E-state index contributed by atoms with van der Waals surface area (Å²) >= 11 is 1.28. The van der Waals surface area contributed by atoms with Crippen molar-refractivity contribution in [2.45, 2.75) is 18.9 Å². The third kappa shape index (κ3) is 2.21. The second kappa shape index (κ2) is 4.86. The van der Waals surface area contributed by atoms with Gasteiger partial charge in [0.15, 0.2) is 5.60 Å². The van der Waals surface area contributed by atoms with Gasteiger partial charge in [-0.2, -0.15) is 0 Å². The van der Waals surface area contributed by atoms with Gasteiger partial charge in [0, 0.05) is 13.0 Å². The molecule has 1 unspecified atom stereocenters. The number of nitrogens with zero attached hydrogens (tertiary/aromatic N) is 2. The lowest BCUT2D eigenvalue weighted by Crippen LogP contribution is -2.46. The number of anilines is 1. The van der Waals surface area contributed by atoms with Crippen LogP contribution in [0.15, 0.2) is 5.51 Å². The molecule has 1 aromatic rings. The number of amides is 1. The molecule has 6 nitrogen and oxygen atoms in total. The van der Waals surface area contributed by atoms with Crippen LogP contribution in [0.3, 0.4) is 0 Å². The maximum absolute atomic E-state index is 12.0. The minimum Gasteiger partial charge on any atom is -0.378 e. The zero-order valence-corrected chi connectivity index (χ0v) is 9.75. The first kappa shape index (κ1) is 11.4. The van der Waals surface area contributed by atoms with Crippen LogP contribution < -0.4 is 5.32 Å². The Bertz CT molecular complexity index is 349. The first-order chi connectivity index (χ1) is 7.77. The first-order valence-electron chi connectivity index (χ1n) is 5.06. The Morgan fingerprint density at radius 2 is 2.69 bits per heavy atom. The molecule has 0 aliphatic carbocycles. The summed E-state index contributed by atoms with van der Waals surface area (Å²) in [6.07, 6.45) is 0.575. The number of hydrogen-bond acceptors (Lipinski definition) is 6. The molecule has 1 saturated heterocycles. The normalized spacial score (nSPS) is 24.6. The fourth-order valence-electron chi connectivity index (χ4n) is 1.62. The summed E-state index contributed by atoms with van der Waals surface area (Å²) in [7, 11) is 0. The molecule has 0 saturated carbocycles. The molecule has 1 atom stereocenters. The highest BCUT2D eigenvalue weighted by atomic mass is 32.1. The van der Waals surface area contributed by atoms with Crippen LogP contribution in [0.5, 0.6) is 0 Å². The number of rotatable bonds is 4. The molecule has 7 heteroatoms. The Morgan fingerprint density at radius 3 is 3.25 bits per heavy atom. The topological polar surface area (TPSA) is 73.3 Å². The minimum atomic E-state index is -0.861. The van der Waals surface area contributed by atoms with Gasteiger partial charge in [-0.15, -0.1) is 10.2 Å². The van der Waals surface area contributed by atoms with Crippen LogP contribution in [0.2, 0.25) is 0 Å². The summed E-state index contributed by atoms with van der Waals surface area (Å²) in [5, 5.41) is 10.6. The van der Waals surface area contributed by atoms with E-state index in [1.165, 1.54) is 11.3 Å². The standard InChI is InChI=1S/C9H13N3O3S/c1-2-15-9(3-4-14-5-9)7(13)11-8-12-10-6-16-8/h6H,2-5H2,1H3,(H,11,12,13). The second-order valence-corrected chi connectivity index (χ2v) is 4.26. The largest absolute Gasteiger partial charge is 0.378 e. The third-order valence-corrected chi connectivity index (χ3v) is 3.01. The molecule has 0 radical (unpaired) electrons. The Hall–Kier alpha value is -1.05. The molecule has 0 spiro atoms. The van der Waals surface area contributed by atoms with Gasteiger partial charge in [0.2, 0.25) is 5.13 Å². The minimum absolute atomic E-state index is 0.205. The fraction of sp³-hybridized carbons (Fsp3) is 0.667. The van der Waals surface area contributed by atoms with Gasteiger partial charge < -0.3 is 9.47 Å². The highest BCUT2D eigenvalue weighted by Gasteiger charge is 2.43. The van der Waals surface area contributed by atoms with E-state index in [2.05, 4.69) is 15.5 Å². The molecule has 0 bridgehead atoms. The van der Waals surface area contributed by atoms with Crippen LogP contribution in [0, 0.1) is 0 Å². The number of carbonyl (C=O) groups excluding carboxylic acids is 1. The van der Waals surface area contributed by atoms with E-state index < -0.39 is 5.60 Å². The van der Waals surface area contributed by atoms with Gasteiger partial charge in [-0.05, 0) is 6.92 Å². The van der Waals surface area contributed by atoms with E-state index in [1.54, 1.807) is 5.51 Å². The number of hydrogen-bond donors (Lipinski definition) is 1. The molecule has 1 aliphatic heterocycles. The van der Waals surface area contributed by atoms with Gasteiger partial charge in [0.1, 0.15) is 5.51 Å². The van der Waals surface area contributed by atoms with Crippen molar-refractivity contribution < 1.29 is 14.3 Å². The van der Waals surface area contributed by atoms with Crippen LogP contribution in [0.1, 0.15) is 13.3 Å². The van der Waals surface area contributed by atoms with Gasteiger partial charge in [0.05, 0.1) is 13.2 Å². The third-order valence-electron chi connectivity index (χ3n) is 2.40. The fourth-order valence-corrected chi connectivity index (χ4v) is 2.06. The van der Waals surface area contributed by atoms with E-state index in [4.69, 9.17) is 9.47 Å². The molecular weight excluding hydrogens is 230 g/mol. The van der Waals surface area contributed by atoms with Crippen molar-refractivity contribution in [1.29, 1.82) is 0 Å². The quantitative estimate of drug-likeness (QED) is 0.841. The van der Waals surface area contributed by atoms with Crippen molar-refractivity contribution in [3.63, 3.8) is 0 Å². The summed E-state index contributed by atoms with van der Waals surface area (Å²) in [5.74, 6) is -0.205. The lowest BCUT2D eigenvalue weighted by Gasteiger charge is -2.25. The van der Waals surface area contributed by atoms with Crippen molar-refractivity contribution in [3.05, 3.63) is 5.51 Å². The smallest absolute Gasteiger partial charge is 0.260 e. The number of carbonyl (C=O) groups is 1. The predicted molar refractivity (Wildman–Crippen MR) is 58.3 cm³/mol. The molecule has 1 aliphatic rings. The van der Waals surface area contributed by atoms with Crippen LogP contribution in [-0.4, -0.2) is 41.5 Å². The highest BCUT2D eigenvalue weighted by molar-refractivity contribution is 7.13. The zero-order chi connectivity index (χ0) is 11.4. The monoisotopic (exact) mass is 243 g/mol. The molecule has 16 heavy (non-hydrogen) atoms. The van der Waals surface area contributed by atoms with E-state index >= 15 is 0 Å². The van der Waals surface area contributed by atoms with Crippen LogP contribution in [-0.2, 0) is 14.3 Å². The van der Waals surface area contributed by atoms with Crippen molar-refractivity contribution in [2.75, 3.05) is 25.1 Å². The van der Waals surface area contributed by atoms with Crippen LogP contribution >= 0.6 is 11.3 Å². The van der Waals surface area contributed by atoms with Crippen molar-refractivity contribution in [3.8, 4) is 0 Å². The lowest BCUT2D eigenvalue weighted by atomic mass is 10.0. The molecule has 88 valence electrons. The van der Waals surface area contributed by atoms with Gasteiger partial charge >= 0.3 is 0 Å². The molecule has 1 amide bonds. The molecule has 1 N–H and O–H groups in total. The SMILES string of the molecule is CCOC1(C(=O)Nc2nncs2)CCOC1. The summed E-state index contributed by atoms with van der Waals surface area (Å²) in [5.41, 5.74) is 0.703. The molecule has 1 aromatic heterocycles. The van der Waals surface area contributed by atoms with Crippen LogP contribution in [0.25, 0.3) is 0 Å². The number of aromatic nitrogens is 2. The van der Waals surface area contributed by atoms with Crippen molar-refractivity contribution >= 4 is 22.4 Å². The molecule has 1 fully saturated rings. The van der Waals surface area contributed by atoms with Crippen molar-refractivity contribution in [2.24, 2.45) is 0 Å². The Morgan fingerprint density at radius 1 is 1.81 bits per heavy atom. The Labute approximate surface area is 97.0 Å². The molecule has 0 aromatic carbocycles. The maximum atomic E-state index is 12.0. The molecule has 2 heterocycles. The van der Waals surface area contributed by atoms with Gasteiger partial charge in [-0.3, -0.25) is 10.1 Å². The average Bonchev–Trinajstić information content (AvgIpc) is 2.89. The van der Waals surface area contributed by atoms with E-state index in [1.807, 2.05) is 6.92 Å². The van der Waals surface area contributed by atoms with Crippen LogP contribution in [0.4, 0.5) is 5.13 Å². The molecule has 2 rings (SSSR count). The lowest BCUT2D eigenvalue weighted by molar-refractivity contribution is -0.140. The van der Waals surface area contributed by atoms with E-state index in [-0.39, 0.29) is 5.91 Å². The summed E-state index contributed by atoms with van der Waals surface area (Å²) in [6, 6.07) is 0. The van der Waals surface area contributed by atoms with Gasteiger partial charge in [0.25, 0.3) is 5.91 Å². The van der Waals surface area contributed by atoms with Gasteiger partial charge in [-0.1, -0.05) is 11.3 Å².